The Morgan fingerprint density at radius 3 is 3.21 bits per heavy atom. The standard InChI is InChI=1S/C17H21N5OS/c1-11(15-10-22-8-9-24-17(22)19-15)18-16(23)7-6-14-12-4-2-3-5-13(12)20-21-14/h8-11H,2-7H2,1H3,(H,18,23)(H,20,21). The highest BCUT2D eigenvalue weighted by molar-refractivity contribution is 7.15. The molecule has 24 heavy (non-hydrogen) atoms. The quantitative estimate of drug-likeness (QED) is 0.748. The van der Waals surface area contributed by atoms with Crippen LogP contribution in [-0.2, 0) is 24.1 Å². The van der Waals surface area contributed by atoms with E-state index in [1.807, 2.05) is 29.1 Å². The number of H-pyrrole nitrogens is 1. The van der Waals surface area contributed by atoms with E-state index in [-0.39, 0.29) is 11.9 Å². The number of rotatable bonds is 5. The van der Waals surface area contributed by atoms with Crippen molar-refractivity contribution in [2.45, 2.75) is 51.5 Å². The Morgan fingerprint density at radius 1 is 1.46 bits per heavy atom. The Labute approximate surface area is 144 Å². The number of hydrogen-bond donors (Lipinski definition) is 2. The highest BCUT2D eigenvalue weighted by Gasteiger charge is 2.18. The third kappa shape index (κ3) is 2.96. The summed E-state index contributed by atoms with van der Waals surface area (Å²) < 4.78 is 1.98. The summed E-state index contributed by atoms with van der Waals surface area (Å²) in [5, 5.41) is 12.6. The second-order valence-corrected chi connectivity index (χ2v) is 7.26. The van der Waals surface area contributed by atoms with E-state index in [9.17, 15) is 4.79 Å². The molecule has 1 aliphatic rings. The summed E-state index contributed by atoms with van der Waals surface area (Å²) in [5.41, 5.74) is 4.57. The third-order valence-electron chi connectivity index (χ3n) is 4.66. The van der Waals surface area contributed by atoms with Crippen LogP contribution in [-0.4, -0.2) is 25.5 Å². The second-order valence-electron chi connectivity index (χ2n) is 6.38. The van der Waals surface area contributed by atoms with E-state index in [0.717, 1.165) is 29.2 Å². The SMILES string of the molecule is CC(NC(=O)CCc1n[nH]c2c1CCCC2)c1cn2ccsc2n1. The van der Waals surface area contributed by atoms with Crippen LogP contribution in [0.2, 0.25) is 0 Å². The number of amides is 1. The van der Waals surface area contributed by atoms with E-state index >= 15 is 0 Å². The minimum absolute atomic E-state index is 0.0476. The molecule has 126 valence electrons. The molecule has 0 radical (unpaired) electrons. The molecule has 0 aromatic carbocycles. The van der Waals surface area contributed by atoms with Gasteiger partial charge in [-0.15, -0.1) is 11.3 Å². The molecule has 0 bridgehead atoms. The van der Waals surface area contributed by atoms with Crippen LogP contribution in [0.1, 0.15) is 54.9 Å². The van der Waals surface area contributed by atoms with E-state index in [4.69, 9.17) is 0 Å². The van der Waals surface area contributed by atoms with Crippen LogP contribution in [0.25, 0.3) is 4.96 Å². The average molecular weight is 343 g/mol. The first kappa shape index (κ1) is 15.4. The van der Waals surface area contributed by atoms with Gasteiger partial charge in [0, 0.05) is 36.3 Å². The summed E-state index contributed by atoms with van der Waals surface area (Å²) in [6.45, 7) is 1.97. The smallest absolute Gasteiger partial charge is 0.220 e. The number of aryl methyl sites for hydroxylation is 2. The first-order valence-electron chi connectivity index (χ1n) is 8.47. The van der Waals surface area contributed by atoms with Crippen molar-refractivity contribution in [2.24, 2.45) is 0 Å². The van der Waals surface area contributed by atoms with E-state index in [1.165, 1.54) is 24.1 Å². The van der Waals surface area contributed by atoms with Crippen molar-refractivity contribution in [3.63, 3.8) is 0 Å². The Hall–Kier alpha value is -2.15. The number of hydrogen-bond acceptors (Lipinski definition) is 4. The van der Waals surface area contributed by atoms with E-state index in [1.54, 1.807) is 11.3 Å². The van der Waals surface area contributed by atoms with Gasteiger partial charge in [-0.2, -0.15) is 5.10 Å². The predicted molar refractivity (Wildman–Crippen MR) is 93.2 cm³/mol. The summed E-state index contributed by atoms with van der Waals surface area (Å²) in [6, 6.07) is -0.0855. The van der Waals surface area contributed by atoms with Crippen molar-refractivity contribution in [1.82, 2.24) is 24.9 Å². The fourth-order valence-corrected chi connectivity index (χ4v) is 4.04. The highest BCUT2D eigenvalue weighted by Crippen LogP contribution is 2.23. The van der Waals surface area contributed by atoms with E-state index in [0.29, 0.717) is 12.8 Å². The van der Waals surface area contributed by atoms with Gasteiger partial charge < -0.3 is 5.32 Å². The van der Waals surface area contributed by atoms with Crippen LogP contribution in [0.5, 0.6) is 0 Å². The molecule has 0 spiro atoms. The van der Waals surface area contributed by atoms with Crippen molar-refractivity contribution in [3.05, 3.63) is 40.4 Å². The van der Waals surface area contributed by atoms with Gasteiger partial charge in [0.25, 0.3) is 0 Å². The van der Waals surface area contributed by atoms with Crippen molar-refractivity contribution in [3.8, 4) is 0 Å². The molecule has 7 heteroatoms. The van der Waals surface area contributed by atoms with Gasteiger partial charge >= 0.3 is 0 Å². The monoisotopic (exact) mass is 343 g/mol. The second kappa shape index (κ2) is 6.39. The van der Waals surface area contributed by atoms with Gasteiger partial charge in [0.2, 0.25) is 5.91 Å². The summed E-state index contributed by atoms with van der Waals surface area (Å²) >= 11 is 1.59. The van der Waals surface area contributed by atoms with Gasteiger partial charge in [-0.1, -0.05) is 0 Å². The molecule has 2 N–H and O–H groups in total. The molecule has 1 aliphatic carbocycles. The number of nitrogens with one attached hydrogen (secondary N) is 2. The minimum atomic E-state index is -0.0855. The van der Waals surface area contributed by atoms with E-state index < -0.39 is 0 Å². The summed E-state index contributed by atoms with van der Waals surface area (Å²) in [5.74, 6) is 0.0476. The number of fused-ring (bicyclic) bond motifs is 2. The van der Waals surface area contributed by atoms with E-state index in [2.05, 4.69) is 20.5 Å². The van der Waals surface area contributed by atoms with Crippen molar-refractivity contribution in [1.29, 1.82) is 0 Å². The van der Waals surface area contributed by atoms with Gasteiger partial charge in [0.1, 0.15) is 0 Å². The number of thiazole rings is 1. The number of aromatic nitrogens is 4. The van der Waals surface area contributed by atoms with Gasteiger partial charge in [-0.25, -0.2) is 4.98 Å². The largest absolute Gasteiger partial charge is 0.348 e. The lowest BCUT2D eigenvalue weighted by Crippen LogP contribution is -2.27. The number of imidazole rings is 1. The Kier molecular flexibility index (Phi) is 4.10. The maximum atomic E-state index is 12.3. The fourth-order valence-electron chi connectivity index (χ4n) is 3.33. The third-order valence-corrected chi connectivity index (χ3v) is 5.43. The molecule has 0 saturated carbocycles. The van der Waals surface area contributed by atoms with Crippen molar-refractivity contribution in [2.75, 3.05) is 0 Å². The average Bonchev–Trinajstić information content (AvgIpc) is 3.27. The minimum Gasteiger partial charge on any atom is -0.348 e. The lowest BCUT2D eigenvalue weighted by Gasteiger charge is -2.12. The van der Waals surface area contributed by atoms with Crippen molar-refractivity contribution < 1.29 is 4.79 Å². The molecule has 0 aliphatic heterocycles. The fraction of sp³-hybridized carbons (Fsp3) is 0.471. The number of carbonyl (C=O) groups excluding carboxylic acids is 1. The molecule has 3 aromatic heterocycles. The predicted octanol–water partition coefficient (Wildman–Crippen LogP) is 2.81. The summed E-state index contributed by atoms with van der Waals surface area (Å²) in [6.07, 6.45) is 9.74. The van der Waals surface area contributed by atoms with Crippen LogP contribution in [0.15, 0.2) is 17.8 Å². The van der Waals surface area contributed by atoms with Crippen molar-refractivity contribution >= 4 is 22.2 Å². The number of nitrogens with zero attached hydrogens (tertiary/aromatic N) is 3. The molecule has 3 aromatic rings. The summed E-state index contributed by atoms with van der Waals surface area (Å²) in [7, 11) is 0. The zero-order valence-corrected chi connectivity index (χ0v) is 14.5. The Bertz CT molecular complexity index is 833. The topological polar surface area (TPSA) is 75.1 Å². The zero-order chi connectivity index (χ0) is 16.5. The first-order valence-corrected chi connectivity index (χ1v) is 9.35. The molecule has 1 atom stereocenters. The molecule has 0 saturated heterocycles. The van der Waals surface area contributed by atoms with Crippen LogP contribution in [0.3, 0.4) is 0 Å². The molecule has 1 unspecified atom stereocenters. The lowest BCUT2D eigenvalue weighted by molar-refractivity contribution is -0.121. The molecular weight excluding hydrogens is 322 g/mol. The van der Waals surface area contributed by atoms with Gasteiger partial charge in [0.15, 0.2) is 4.96 Å². The molecule has 6 nitrogen and oxygen atoms in total. The normalized spacial score (nSPS) is 15.4. The van der Waals surface area contributed by atoms with Gasteiger partial charge in [-0.3, -0.25) is 14.3 Å². The molecule has 3 heterocycles. The van der Waals surface area contributed by atoms with Crippen LogP contribution in [0.4, 0.5) is 0 Å². The van der Waals surface area contributed by atoms with Crippen LogP contribution in [0, 0.1) is 0 Å². The molecular formula is C17H21N5OS. The Morgan fingerprint density at radius 2 is 2.33 bits per heavy atom. The van der Waals surface area contributed by atoms with Gasteiger partial charge in [0.05, 0.1) is 17.4 Å². The first-order chi connectivity index (χ1) is 11.7. The lowest BCUT2D eigenvalue weighted by atomic mass is 9.94. The molecule has 1 amide bonds. The van der Waals surface area contributed by atoms with Gasteiger partial charge in [-0.05, 0) is 38.2 Å². The molecule has 4 rings (SSSR count). The van der Waals surface area contributed by atoms with Crippen LogP contribution >= 0.6 is 11.3 Å². The molecule has 0 fully saturated rings. The zero-order valence-electron chi connectivity index (χ0n) is 13.7. The number of aromatic amines is 1. The van der Waals surface area contributed by atoms with Crippen LogP contribution < -0.4 is 5.32 Å². The maximum absolute atomic E-state index is 12.3. The maximum Gasteiger partial charge on any atom is 0.220 e. The highest BCUT2D eigenvalue weighted by atomic mass is 32.1. The number of carbonyl (C=O) groups is 1. The Balaban J connectivity index is 1.34. The summed E-state index contributed by atoms with van der Waals surface area (Å²) in [4.78, 5) is 17.8.